The lowest BCUT2D eigenvalue weighted by Crippen LogP contribution is -2.00. The summed E-state index contributed by atoms with van der Waals surface area (Å²) in [6, 6.07) is 57.6. The van der Waals surface area contributed by atoms with E-state index < -0.39 is 0 Å². The van der Waals surface area contributed by atoms with Crippen LogP contribution in [0.25, 0.3) is 88.4 Å². The van der Waals surface area contributed by atoms with E-state index in [1.165, 1.54) is 48.7 Å². The van der Waals surface area contributed by atoms with Gasteiger partial charge >= 0.3 is 0 Å². The normalized spacial score (nSPS) is 11.5. The average Bonchev–Trinajstić information content (AvgIpc) is 3.15. The highest BCUT2D eigenvalue weighted by Gasteiger charge is 2.16. The number of benzene rings is 8. The Bertz CT molecular complexity index is 2500. The second-order valence-electron chi connectivity index (χ2n) is 11.6. The van der Waals surface area contributed by atoms with Crippen LogP contribution in [0.4, 0.5) is 0 Å². The fraction of sp³-hybridized carbons (Fsp3) is 0. The second-order valence-corrected chi connectivity index (χ2v) is 11.6. The molecule has 0 aliphatic carbocycles. The Hall–Kier alpha value is -6.19. The van der Waals surface area contributed by atoms with Gasteiger partial charge in [0.1, 0.15) is 0 Å². The molecule has 9 rings (SSSR count). The summed E-state index contributed by atoms with van der Waals surface area (Å²) in [7, 11) is 0. The summed E-state index contributed by atoms with van der Waals surface area (Å²) in [5, 5.41) is 10.2. The van der Waals surface area contributed by atoms with Crippen molar-refractivity contribution in [2.45, 2.75) is 0 Å². The summed E-state index contributed by atoms with van der Waals surface area (Å²) in [6.45, 7) is 0. The molecule has 0 spiro atoms. The van der Waals surface area contributed by atoms with Gasteiger partial charge in [0.2, 0.25) is 0 Å². The lowest BCUT2D eigenvalue weighted by Gasteiger charge is -2.16. The van der Waals surface area contributed by atoms with E-state index in [-0.39, 0.29) is 0 Å². The third kappa shape index (κ3) is 4.33. The van der Waals surface area contributed by atoms with Gasteiger partial charge in [-0.15, -0.1) is 0 Å². The van der Waals surface area contributed by atoms with Crippen molar-refractivity contribution in [2.24, 2.45) is 0 Å². The Morgan fingerprint density at radius 3 is 1.13 bits per heavy atom. The van der Waals surface area contributed by atoms with Crippen LogP contribution in [-0.2, 0) is 0 Å². The fourth-order valence-corrected chi connectivity index (χ4v) is 6.74. The summed E-state index contributed by atoms with van der Waals surface area (Å²) < 4.78 is 0. The molecule has 0 radical (unpaired) electrons. The summed E-state index contributed by atoms with van der Waals surface area (Å²) >= 11 is 0. The quantitative estimate of drug-likeness (QED) is 0.193. The SMILES string of the molecule is c1ccc(-c2nc(-c3ccccc3)nc(-c3ccc(-c4cc5c6ccccc6c6ccccc6c5c5ccccc45)cc3)n2)cc1. The van der Waals surface area contributed by atoms with Gasteiger partial charge in [0, 0.05) is 16.7 Å². The molecular weight excluding hydrogens is 558 g/mol. The molecule has 0 bridgehead atoms. The second kappa shape index (κ2) is 10.8. The number of nitrogens with zero attached hydrogens (tertiary/aromatic N) is 3. The molecule has 46 heavy (non-hydrogen) atoms. The molecule has 9 aromatic rings. The van der Waals surface area contributed by atoms with Crippen molar-refractivity contribution in [1.82, 2.24) is 15.0 Å². The van der Waals surface area contributed by atoms with Gasteiger partial charge in [-0.05, 0) is 60.3 Å². The molecule has 214 valence electrons. The third-order valence-corrected chi connectivity index (χ3v) is 8.90. The Labute approximate surface area is 266 Å². The zero-order valence-corrected chi connectivity index (χ0v) is 24.9. The Kier molecular flexibility index (Phi) is 6.14. The molecule has 0 atom stereocenters. The maximum Gasteiger partial charge on any atom is 0.164 e. The average molecular weight is 586 g/mol. The van der Waals surface area contributed by atoms with Crippen LogP contribution < -0.4 is 0 Å². The predicted octanol–water partition coefficient (Wildman–Crippen LogP) is 11.2. The summed E-state index contributed by atoms with van der Waals surface area (Å²) in [4.78, 5) is 14.7. The van der Waals surface area contributed by atoms with Crippen LogP contribution in [0.1, 0.15) is 0 Å². The van der Waals surface area contributed by atoms with Gasteiger partial charge in [0.05, 0.1) is 0 Å². The first-order valence-corrected chi connectivity index (χ1v) is 15.5. The summed E-state index contributed by atoms with van der Waals surface area (Å²) in [5.41, 5.74) is 5.23. The van der Waals surface area contributed by atoms with E-state index >= 15 is 0 Å². The molecule has 3 nitrogen and oxygen atoms in total. The molecule has 0 fully saturated rings. The minimum Gasteiger partial charge on any atom is -0.208 e. The molecule has 3 heteroatoms. The molecule has 8 aromatic carbocycles. The summed E-state index contributed by atoms with van der Waals surface area (Å²) in [6.07, 6.45) is 0. The maximum atomic E-state index is 4.93. The number of fused-ring (bicyclic) bond motifs is 8. The number of rotatable bonds is 4. The van der Waals surface area contributed by atoms with Gasteiger partial charge in [0.15, 0.2) is 17.5 Å². The van der Waals surface area contributed by atoms with Crippen molar-refractivity contribution < 1.29 is 0 Å². The Morgan fingerprint density at radius 1 is 0.261 bits per heavy atom. The van der Waals surface area contributed by atoms with Gasteiger partial charge in [-0.1, -0.05) is 158 Å². The van der Waals surface area contributed by atoms with Crippen molar-refractivity contribution in [3.05, 3.63) is 164 Å². The molecule has 0 unspecified atom stereocenters. The first kappa shape index (κ1) is 26.2. The van der Waals surface area contributed by atoms with Gasteiger partial charge in [-0.25, -0.2) is 15.0 Å². The Balaban J connectivity index is 1.23. The minimum atomic E-state index is 0.653. The highest BCUT2D eigenvalue weighted by atomic mass is 15.0. The predicted molar refractivity (Wildman–Crippen MR) is 192 cm³/mol. The van der Waals surface area contributed by atoms with E-state index in [1.54, 1.807) is 0 Å². The van der Waals surface area contributed by atoms with Crippen molar-refractivity contribution in [2.75, 3.05) is 0 Å². The molecule has 0 saturated carbocycles. The Morgan fingerprint density at radius 2 is 0.609 bits per heavy atom. The van der Waals surface area contributed by atoms with Gasteiger partial charge in [0.25, 0.3) is 0 Å². The van der Waals surface area contributed by atoms with E-state index in [0.717, 1.165) is 22.3 Å². The first-order chi connectivity index (χ1) is 22.8. The van der Waals surface area contributed by atoms with Gasteiger partial charge in [-0.2, -0.15) is 0 Å². The zero-order valence-electron chi connectivity index (χ0n) is 24.9. The van der Waals surface area contributed by atoms with Crippen molar-refractivity contribution in [1.29, 1.82) is 0 Å². The first-order valence-electron chi connectivity index (χ1n) is 15.5. The van der Waals surface area contributed by atoms with E-state index in [2.05, 4.69) is 103 Å². The van der Waals surface area contributed by atoms with Gasteiger partial charge < -0.3 is 0 Å². The monoisotopic (exact) mass is 585 g/mol. The van der Waals surface area contributed by atoms with Crippen LogP contribution in [0.3, 0.4) is 0 Å². The molecule has 0 aliphatic heterocycles. The smallest absolute Gasteiger partial charge is 0.164 e. The molecule has 0 saturated heterocycles. The number of hydrogen-bond acceptors (Lipinski definition) is 3. The maximum absolute atomic E-state index is 4.93. The molecule has 1 heterocycles. The number of aromatic nitrogens is 3. The van der Waals surface area contributed by atoms with Crippen molar-refractivity contribution in [3.63, 3.8) is 0 Å². The largest absolute Gasteiger partial charge is 0.208 e. The molecule has 0 amide bonds. The number of hydrogen-bond donors (Lipinski definition) is 0. The molecule has 1 aromatic heterocycles. The third-order valence-electron chi connectivity index (χ3n) is 8.90. The van der Waals surface area contributed by atoms with Crippen LogP contribution in [0.5, 0.6) is 0 Å². The van der Waals surface area contributed by atoms with Crippen LogP contribution in [0.15, 0.2) is 164 Å². The van der Waals surface area contributed by atoms with E-state index in [1.807, 2.05) is 60.7 Å². The van der Waals surface area contributed by atoms with E-state index in [4.69, 9.17) is 15.0 Å². The lowest BCUT2D eigenvalue weighted by molar-refractivity contribution is 1.07. The van der Waals surface area contributed by atoms with Crippen LogP contribution in [-0.4, -0.2) is 15.0 Å². The molecule has 0 N–H and O–H groups in total. The van der Waals surface area contributed by atoms with Crippen LogP contribution >= 0.6 is 0 Å². The summed E-state index contributed by atoms with van der Waals surface area (Å²) in [5.74, 6) is 1.97. The van der Waals surface area contributed by atoms with E-state index in [9.17, 15) is 0 Å². The van der Waals surface area contributed by atoms with Crippen molar-refractivity contribution in [3.8, 4) is 45.3 Å². The standard InChI is InChI=1S/C43H27N3/c1-3-13-29(14-4-1)41-44-42(30-15-5-2-6-16-30)46-43(45-41)31-25-23-28(24-26-31)38-27-39-34-19-8-7-17-32(34)33-18-9-11-21-36(33)40(39)37-22-12-10-20-35(37)38/h1-27H. The zero-order chi connectivity index (χ0) is 30.5. The fourth-order valence-electron chi connectivity index (χ4n) is 6.74. The van der Waals surface area contributed by atoms with Crippen molar-refractivity contribution >= 4 is 43.1 Å². The molecule has 0 aliphatic rings. The highest BCUT2D eigenvalue weighted by molar-refractivity contribution is 6.33. The van der Waals surface area contributed by atoms with Gasteiger partial charge in [-0.3, -0.25) is 0 Å². The highest BCUT2D eigenvalue weighted by Crippen LogP contribution is 2.42. The minimum absolute atomic E-state index is 0.653. The lowest BCUT2D eigenvalue weighted by atomic mass is 9.87. The van der Waals surface area contributed by atoms with Crippen LogP contribution in [0.2, 0.25) is 0 Å². The van der Waals surface area contributed by atoms with E-state index in [0.29, 0.717) is 17.5 Å². The topological polar surface area (TPSA) is 38.7 Å². The molecular formula is C43H27N3. The van der Waals surface area contributed by atoms with Crippen LogP contribution in [0, 0.1) is 0 Å².